The standard InChI is InChI=1S/C14H18Cl2N2/c1-10-7-12(16)13(8-11(10)15)18-6-4-5-14(2,3)9-17/h7-8,18H,4-6H2,1-3H3. The highest BCUT2D eigenvalue weighted by atomic mass is 35.5. The fourth-order valence-corrected chi connectivity index (χ4v) is 2.04. The van der Waals surface area contributed by atoms with Gasteiger partial charge in [-0.1, -0.05) is 23.2 Å². The maximum Gasteiger partial charge on any atom is 0.0683 e. The number of nitrogens with one attached hydrogen (secondary N) is 1. The van der Waals surface area contributed by atoms with Crippen LogP contribution < -0.4 is 5.32 Å². The van der Waals surface area contributed by atoms with Crippen LogP contribution in [0.2, 0.25) is 10.0 Å². The van der Waals surface area contributed by atoms with Crippen LogP contribution in [0.4, 0.5) is 5.69 Å². The predicted octanol–water partition coefficient (Wildman–Crippen LogP) is 5.04. The third-order valence-corrected chi connectivity index (χ3v) is 3.56. The summed E-state index contributed by atoms with van der Waals surface area (Å²) in [6, 6.07) is 5.99. The number of anilines is 1. The molecule has 0 aliphatic heterocycles. The molecule has 0 spiro atoms. The summed E-state index contributed by atoms with van der Waals surface area (Å²) in [5.41, 5.74) is 1.55. The Balaban J connectivity index is 2.50. The predicted molar refractivity (Wildman–Crippen MR) is 78.3 cm³/mol. The first-order valence-electron chi connectivity index (χ1n) is 5.96. The average Bonchev–Trinajstić information content (AvgIpc) is 2.31. The number of halogens is 2. The first-order valence-corrected chi connectivity index (χ1v) is 6.72. The van der Waals surface area contributed by atoms with Gasteiger partial charge in [0.05, 0.1) is 22.2 Å². The van der Waals surface area contributed by atoms with Gasteiger partial charge in [0.1, 0.15) is 0 Å². The van der Waals surface area contributed by atoms with Crippen LogP contribution in [0.3, 0.4) is 0 Å². The van der Waals surface area contributed by atoms with Crippen molar-refractivity contribution in [2.75, 3.05) is 11.9 Å². The van der Waals surface area contributed by atoms with Gasteiger partial charge in [-0.15, -0.1) is 0 Å². The van der Waals surface area contributed by atoms with Crippen LogP contribution in [0.5, 0.6) is 0 Å². The van der Waals surface area contributed by atoms with Gasteiger partial charge in [0.25, 0.3) is 0 Å². The van der Waals surface area contributed by atoms with Crippen molar-refractivity contribution in [3.63, 3.8) is 0 Å². The van der Waals surface area contributed by atoms with Gasteiger partial charge in [0, 0.05) is 11.6 Å². The molecule has 0 aliphatic rings. The summed E-state index contributed by atoms with van der Waals surface area (Å²) in [5.74, 6) is 0. The van der Waals surface area contributed by atoms with E-state index in [4.69, 9.17) is 28.5 Å². The molecule has 0 saturated carbocycles. The highest BCUT2D eigenvalue weighted by molar-refractivity contribution is 6.35. The molecular weight excluding hydrogens is 267 g/mol. The Bertz CT molecular complexity index is 462. The summed E-state index contributed by atoms with van der Waals surface area (Å²) in [6.07, 6.45) is 1.77. The second kappa shape index (κ2) is 6.31. The third-order valence-electron chi connectivity index (χ3n) is 2.84. The minimum absolute atomic E-state index is 0.267. The fraction of sp³-hybridized carbons (Fsp3) is 0.500. The van der Waals surface area contributed by atoms with Crippen molar-refractivity contribution in [3.05, 3.63) is 27.7 Å². The van der Waals surface area contributed by atoms with Crippen molar-refractivity contribution >= 4 is 28.9 Å². The monoisotopic (exact) mass is 284 g/mol. The van der Waals surface area contributed by atoms with Crippen LogP contribution in [0.25, 0.3) is 0 Å². The summed E-state index contributed by atoms with van der Waals surface area (Å²) >= 11 is 12.2. The molecule has 1 aromatic carbocycles. The number of nitriles is 1. The Morgan fingerprint density at radius 1 is 1.28 bits per heavy atom. The molecule has 0 atom stereocenters. The number of benzene rings is 1. The van der Waals surface area contributed by atoms with Gasteiger partial charge in [0.2, 0.25) is 0 Å². The summed E-state index contributed by atoms with van der Waals surface area (Å²) < 4.78 is 0. The van der Waals surface area contributed by atoms with Gasteiger partial charge < -0.3 is 5.32 Å². The molecule has 1 N–H and O–H groups in total. The lowest BCUT2D eigenvalue weighted by atomic mass is 9.90. The van der Waals surface area contributed by atoms with Crippen molar-refractivity contribution < 1.29 is 0 Å². The normalized spacial score (nSPS) is 11.1. The summed E-state index contributed by atoms with van der Waals surface area (Å²) in [5, 5.41) is 13.5. The Morgan fingerprint density at radius 2 is 1.94 bits per heavy atom. The first-order chi connectivity index (χ1) is 8.35. The van der Waals surface area contributed by atoms with Crippen LogP contribution in [0, 0.1) is 23.7 Å². The van der Waals surface area contributed by atoms with Crippen molar-refractivity contribution in [1.29, 1.82) is 5.26 Å². The highest BCUT2D eigenvalue weighted by Gasteiger charge is 2.15. The lowest BCUT2D eigenvalue weighted by Crippen LogP contribution is -2.11. The van der Waals surface area contributed by atoms with Crippen molar-refractivity contribution in [3.8, 4) is 6.07 Å². The van der Waals surface area contributed by atoms with E-state index < -0.39 is 0 Å². The van der Waals surface area contributed by atoms with E-state index in [0.29, 0.717) is 10.0 Å². The van der Waals surface area contributed by atoms with Gasteiger partial charge in [0.15, 0.2) is 0 Å². The summed E-state index contributed by atoms with van der Waals surface area (Å²) in [6.45, 7) is 6.60. The zero-order chi connectivity index (χ0) is 13.8. The van der Waals surface area contributed by atoms with E-state index in [9.17, 15) is 0 Å². The van der Waals surface area contributed by atoms with Crippen LogP contribution in [-0.2, 0) is 0 Å². The molecule has 2 nitrogen and oxygen atoms in total. The number of hydrogen-bond acceptors (Lipinski definition) is 2. The lowest BCUT2D eigenvalue weighted by molar-refractivity contribution is 0.441. The highest BCUT2D eigenvalue weighted by Crippen LogP contribution is 2.29. The minimum atomic E-state index is -0.267. The van der Waals surface area contributed by atoms with Gasteiger partial charge in [-0.2, -0.15) is 5.26 Å². The Labute approximate surface area is 119 Å². The van der Waals surface area contributed by atoms with E-state index in [-0.39, 0.29) is 5.41 Å². The fourth-order valence-electron chi connectivity index (χ4n) is 1.59. The van der Waals surface area contributed by atoms with E-state index in [0.717, 1.165) is 30.6 Å². The topological polar surface area (TPSA) is 35.8 Å². The second-order valence-corrected chi connectivity index (χ2v) is 5.92. The van der Waals surface area contributed by atoms with Crippen molar-refractivity contribution in [1.82, 2.24) is 0 Å². The molecule has 0 unspecified atom stereocenters. The third kappa shape index (κ3) is 4.40. The molecule has 1 rings (SSSR count). The van der Waals surface area contributed by atoms with E-state index in [1.54, 1.807) is 0 Å². The molecule has 0 saturated heterocycles. The quantitative estimate of drug-likeness (QED) is 0.769. The number of aryl methyl sites for hydroxylation is 1. The molecule has 0 amide bonds. The number of hydrogen-bond donors (Lipinski definition) is 1. The zero-order valence-electron chi connectivity index (χ0n) is 11.0. The Kier molecular flexibility index (Phi) is 5.31. The molecule has 0 heterocycles. The molecule has 0 bridgehead atoms. The summed E-state index contributed by atoms with van der Waals surface area (Å²) in [4.78, 5) is 0. The van der Waals surface area contributed by atoms with Crippen LogP contribution in [0.15, 0.2) is 12.1 Å². The molecule has 0 aromatic heterocycles. The Morgan fingerprint density at radius 3 is 2.56 bits per heavy atom. The van der Waals surface area contributed by atoms with E-state index in [1.165, 1.54) is 0 Å². The SMILES string of the molecule is Cc1cc(Cl)c(NCCCC(C)(C)C#N)cc1Cl. The molecule has 0 fully saturated rings. The van der Waals surface area contributed by atoms with Crippen molar-refractivity contribution in [2.45, 2.75) is 33.6 Å². The second-order valence-electron chi connectivity index (χ2n) is 5.11. The largest absolute Gasteiger partial charge is 0.384 e. The van der Waals surface area contributed by atoms with Gasteiger partial charge in [-0.3, -0.25) is 0 Å². The molecule has 1 aromatic rings. The van der Waals surface area contributed by atoms with E-state index in [2.05, 4.69) is 11.4 Å². The summed E-state index contributed by atoms with van der Waals surface area (Å²) in [7, 11) is 0. The van der Waals surface area contributed by atoms with E-state index >= 15 is 0 Å². The number of nitrogens with zero attached hydrogens (tertiary/aromatic N) is 1. The molecule has 0 radical (unpaired) electrons. The molecular formula is C14H18Cl2N2. The maximum atomic E-state index is 8.91. The number of rotatable bonds is 5. The smallest absolute Gasteiger partial charge is 0.0683 e. The minimum Gasteiger partial charge on any atom is -0.384 e. The van der Waals surface area contributed by atoms with Crippen LogP contribution >= 0.6 is 23.2 Å². The van der Waals surface area contributed by atoms with Gasteiger partial charge in [-0.05, 0) is 51.3 Å². The van der Waals surface area contributed by atoms with Gasteiger partial charge >= 0.3 is 0 Å². The molecule has 0 aliphatic carbocycles. The molecule has 98 valence electrons. The lowest BCUT2D eigenvalue weighted by Gasteiger charge is -2.15. The first kappa shape index (κ1) is 15.1. The average molecular weight is 285 g/mol. The van der Waals surface area contributed by atoms with Crippen molar-refractivity contribution in [2.24, 2.45) is 5.41 Å². The van der Waals surface area contributed by atoms with E-state index in [1.807, 2.05) is 32.9 Å². The molecule has 18 heavy (non-hydrogen) atoms. The Hall–Kier alpha value is -0.910. The molecule has 4 heteroatoms. The van der Waals surface area contributed by atoms with Gasteiger partial charge in [-0.25, -0.2) is 0 Å². The van der Waals surface area contributed by atoms with Crippen LogP contribution in [0.1, 0.15) is 32.3 Å². The van der Waals surface area contributed by atoms with Crippen LogP contribution in [-0.4, -0.2) is 6.54 Å². The maximum absolute atomic E-state index is 8.91. The zero-order valence-corrected chi connectivity index (χ0v) is 12.5.